The summed E-state index contributed by atoms with van der Waals surface area (Å²) >= 11 is 7.31. The van der Waals surface area contributed by atoms with Crippen molar-refractivity contribution in [1.82, 2.24) is 4.98 Å². The van der Waals surface area contributed by atoms with E-state index < -0.39 is 0 Å². The van der Waals surface area contributed by atoms with Crippen LogP contribution in [-0.4, -0.2) is 24.2 Å². The first-order valence-corrected chi connectivity index (χ1v) is 6.47. The van der Waals surface area contributed by atoms with E-state index in [0.29, 0.717) is 17.1 Å². The van der Waals surface area contributed by atoms with Gasteiger partial charge in [0.15, 0.2) is 5.13 Å². The predicted octanol–water partition coefficient (Wildman–Crippen LogP) is 3.02. The molecule has 1 aromatic rings. The quantitative estimate of drug-likeness (QED) is 0.890. The maximum absolute atomic E-state index is 5.76. The largest absolute Gasteiger partial charge is 0.381 e. The highest BCUT2D eigenvalue weighted by atomic mass is 35.5. The van der Waals surface area contributed by atoms with E-state index >= 15 is 0 Å². The summed E-state index contributed by atoms with van der Waals surface area (Å²) in [5.74, 6) is 0.585. The molecule has 1 aromatic heterocycles. The molecule has 1 N–H and O–H groups in total. The number of rotatable bonds is 3. The van der Waals surface area contributed by atoms with Crippen LogP contribution in [-0.2, 0) is 4.74 Å². The zero-order valence-corrected chi connectivity index (χ0v) is 10.3. The van der Waals surface area contributed by atoms with Crippen molar-refractivity contribution in [3.05, 3.63) is 10.5 Å². The van der Waals surface area contributed by atoms with Crippen molar-refractivity contribution in [1.29, 1.82) is 0 Å². The molecular weight excluding hydrogens is 232 g/mol. The summed E-state index contributed by atoms with van der Waals surface area (Å²) in [6, 6.07) is 0.396. The maximum Gasteiger partial charge on any atom is 0.184 e. The lowest BCUT2D eigenvalue weighted by Gasteiger charge is -2.28. The lowest BCUT2D eigenvalue weighted by atomic mass is 9.95. The van der Waals surface area contributed by atoms with Crippen LogP contribution in [0.2, 0.25) is 5.15 Å². The number of ether oxygens (including phenoxy) is 1. The van der Waals surface area contributed by atoms with Crippen molar-refractivity contribution in [3.8, 4) is 0 Å². The van der Waals surface area contributed by atoms with E-state index in [1.54, 1.807) is 11.3 Å². The molecule has 2 atom stereocenters. The predicted molar refractivity (Wildman–Crippen MR) is 63.8 cm³/mol. The first-order valence-electron chi connectivity index (χ1n) is 5.21. The van der Waals surface area contributed by atoms with Crippen LogP contribution in [0.3, 0.4) is 0 Å². The first-order chi connectivity index (χ1) is 7.25. The van der Waals surface area contributed by atoms with Gasteiger partial charge in [-0.1, -0.05) is 11.6 Å². The second-order valence-electron chi connectivity index (χ2n) is 3.89. The molecule has 2 rings (SSSR count). The second kappa shape index (κ2) is 5.14. The Balaban J connectivity index is 1.88. The topological polar surface area (TPSA) is 34.2 Å². The summed E-state index contributed by atoms with van der Waals surface area (Å²) in [5, 5.41) is 6.68. The number of thiazole rings is 1. The molecule has 1 aliphatic rings. The number of anilines is 1. The zero-order valence-electron chi connectivity index (χ0n) is 8.70. The Morgan fingerprint density at radius 1 is 1.73 bits per heavy atom. The standard InChI is InChI=1S/C10H15ClN2OS/c1-7(8-3-2-4-14-5-8)12-10-13-9(11)6-15-10/h6-8H,2-5H2,1H3,(H,12,13). The van der Waals surface area contributed by atoms with Gasteiger partial charge in [0.1, 0.15) is 5.15 Å². The number of halogens is 1. The van der Waals surface area contributed by atoms with E-state index in [9.17, 15) is 0 Å². The van der Waals surface area contributed by atoms with Crippen molar-refractivity contribution >= 4 is 28.1 Å². The van der Waals surface area contributed by atoms with Gasteiger partial charge in [-0.15, -0.1) is 11.3 Å². The molecule has 2 heterocycles. The smallest absolute Gasteiger partial charge is 0.184 e. The molecule has 0 aliphatic carbocycles. The van der Waals surface area contributed by atoms with Crippen LogP contribution >= 0.6 is 22.9 Å². The second-order valence-corrected chi connectivity index (χ2v) is 5.13. The van der Waals surface area contributed by atoms with E-state index in [1.807, 2.05) is 5.38 Å². The number of hydrogen-bond donors (Lipinski definition) is 1. The third-order valence-electron chi connectivity index (χ3n) is 2.73. The highest BCUT2D eigenvalue weighted by molar-refractivity contribution is 7.14. The normalized spacial score (nSPS) is 23.7. The lowest BCUT2D eigenvalue weighted by Crippen LogP contribution is -2.32. The van der Waals surface area contributed by atoms with E-state index in [-0.39, 0.29) is 0 Å². The van der Waals surface area contributed by atoms with Crippen LogP contribution in [0.4, 0.5) is 5.13 Å². The van der Waals surface area contributed by atoms with Crippen molar-refractivity contribution in [3.63, 3.8) is 0 Å². The summed E-state index contributed by atoms with van der Waals surface area (Å²) in [7, 11) is 0. The summed E-state index contributed by atoms with van der Waals surface area (Å²) < 4.78 is 5.46. The maximum atomic E-state index is 5.76. The van der Waals surface area contributed by atoms with Crippen molar-refractivity contribution in [2.24, 2.45) is 5.92 Å². The minimum absolute atomic E-state index is 0.396. The van der Waals surface area contributed by atoms with Gasteiger partial charge in [0, 0.05) is 23.9 Å². The van der Waals surface area contributed by atoms with Crippen LogP contribution in [0.1, 0.15) is 19.8 Å². The van der Waals surface area contributed by atoms with Gasteiger partial charge in [-0.25, -0.2) is 4.98 Å². The number of nitrogens with zero attached hydrogens (tertiary/aromatic N) is 1. The Morgan fingerprint density at radius 3 is 3.20 bits per heavy atom. The van der Waals surface area contributed by atoms with Gasteiger partial charge in [-0.2, -0.15) is 0 Å². The van der Waals surface area contributed by atoms with Crippen LogP contribution < -0.4 is 5.32 Å². The monoisotopic (exact) mass is 246 g/mol. The summed E-state index contributed by atoms with van der Waals surface area (Å²) in [4.78, 5) is 4.18. The molecule has 5 heteroatoms. The van der Waals surface area contributed by atoms with Crippen molar-refractivity contribution in [2.45, 2.75) is 25.8 Å². The number of nitrogens with one attached hydrogen (secondary N) is 1. The molecule has 0 saturated carbocycles. The summed E-state index contributed by atoms with van der Waals surface area (Å²) in [6.07, 6.45) is 2.39. The molecule has 3 nitrogen and oxygen atoms in total. The Labute approximate surface area is 98.8 Å². The van der Waals surface area contributed by atoms with E-state index in [0.717, 1.165) is 24.8 Å². The van der Waals surface area contributed by atoms with Gasteiger partial charge in [-0.3, -0.25) is 0 Å². The molecule has 1 saturated heterocycles. The van der Waals surface area contributed by atoms with Crippen LogP contribution in [0.15, 0.2) is 5.38 Å². The highest BCUT2D eigenvalue weighted by Crippen LogP contribution is 2.24. The summed E-state index contributed by atoms with van der Waals surface area (Å²) in [5.41, 5.74) is 0. The minimum atomic E-state index is 0.396. The number of aromatic nitrogens is 1. The third kappa shape index (κ3) is 3.06. The van der Waals surface area contributed by atoms with E-state index in [1.165, 1.54) is 6.42 Å². The fourth-order valence-electron chi connectivity index (χ4n) is 1.79. The molecule has 0 amide bonds. The Bertz CT molecular complexity index is 312. The fraction of sp³-hybridized carbons (Fsp3) is 0.700. The average molecular weight is 247 g/mol. The Morgan fingerprint density at radius 2 is 2.60 bits per heavy atom. The fourth-order valence-corrected chi connectivity index (χ4v) is 2.73. The van der Waals surface area contributed by atoms with Gasteiger partial charge >= 0.3 is 0 Å². The molecule has 0 spiro atoms. The molecule has 2 unspecified atom stereocenters. The van der Waals surface area contributed by atoms with Crippen molar-refractivity contribution < 1.29 is 4.74 Å². The number of hydrogen-bond acceptors (Lipinski definition) is 4. The van der Waals surface area contributed by atoms with Crippen LogP contribution in [0.25, 0.3) is 0 Å². The Hall–Kier alpha value is -0.320. The molecule has 0 bridgehead atoms. The summed E-state index contributed by atoms with van der Waals surface area (Å²) in [6.45, 7) is 3.94. The third-order valence-corrected chi connectivity index (χ3v) is 3.83. The van der Waals surface area contributed by atoms with Gasteiger partial charge < -0.3 is 10.1 Å². The average Bonchev–Trinajstić information content (AvgIpc) is 2.65. The van der Waals surface area contributed by atoms with Gasteiger partial charge in [0.2, 0.25) is 0 Å². The highest BCUT2D eigenvalue weighted by Gasteiger charge is 2.21. The molecule has 1 aliphatic heterocycles. The lowest BCUT2D eigenvalue weighted by molar-refractivity contribution is 0.0496. The molecule has 84 valence electrons. The van der Waals surface area contributed by atoms with E-state index in [2.05, 4.69) is 17.2 Å². The molecule has 15 heavy (non-hydrogen) atoms. The SMILES string of the molecule is CC(Nc1nc(Cl)cs1)C1CCCOC1. The van der Waals surface area contributed by atoms with Crippen LogP contribution in [0.5, 0.6) is 0 Å². The molecule has 1 fully saturated rings. The van der Waals surface area contributed by atoms with Crippen molar-refractivity contribution in [2.75, 3.05) is 18.5 Å². The molecule has 0 radical (unpaired) electrons. The van der Waals surface area contributed by atoms with E-state index in [4.69, 9.17) is 16.3 Å². The minimum Gasteiger partial charge on any atom is -0.381 e. The van der Waals surface area contributed by atoms with Gasteiger partial charge in [-0.05, 0) is 19.8 Å². The van der Waals surface area contributed by atoms with Gasteiger partial charge in [0.05, 0.1) is 6.61 Å². The Kier molecular flexibility index (Phi) is 3.83. The van der Waals surface area contributed by atoms with Crippen LogP contribution in [0, 0.1) is 5.92 Å². The van der Waals surface area contributed by atoms with Gasteiger partial charge in [0.25, 0.3) is 0 Å². The zero-order chi connectivity index (χ0) is 10.7. The molecular formula is C10H15ClN2OS. The first kappa shape index (κ1) is 11.2. The molecule has 0 aromatic carbocycles.